The first-order chi connectivity index (χ1) is 12.0. The van der Waals surface area contributed by atoms with Crippen molar-refractivity contribution >= 4 is 17.2 Å². The van der Waals surface area contributed by atoms with Crippen molar-refractivity contribution in [2.75, 3.05) is 0 Å². The van der Waals surface area contributed by atoms with Crippen molar-refractivity contribution in [2.24, 2.45) is 0 Å². The first-order valence-corrected chi connectivity index (χ1v) is 7.51. The summed E-state index contributed by atoms with van der Waals surface area (Å²) in [4.78, 5) is 8.05. The molecule has 0 unspecified atom stereocenters. The molecule has 0 aliphatic rings. The van der Waals surface area contributed by atoms with Gasteiger partial charge in [0.05, 0.1) is 16.9 Å². The van der Waals surface area contributed by atoms with E-state index in [-0.39, 0.29) is 16.3 Å². The van der Waals surface area contributed by atoms with Gasteiger partial charge < -0.3 is 0 Å². The zero-order valence-electron chi connectivity index (χ0n) is 12.4. The van der Waals surface area contributed by atoms with Gasteiger partial charge in [-0.15, -0.1) is 0 Å². The summed E-state index contributed by atoms with van der Waals surface area (Å²) in [6, 6.07) is 6.36. The highest BCUT2D eigenvalue weighted by molar-refractivity contribution is 6.31. The highest BCUT2D eigenvalue weighted by atomic mass is 35.5. The van der Waals surface area contributed by atoms with E-state index in [9.17, 15) is 13.2 Å². The summed E-state index contributed by atoms with van der Waals surface area (Å²) in [5.41, 5.74) is 1.53. The van der Waals surface area contributed by atoms with Crippen molar-refractivity contribution in [3.05, 3.63) is 71.5 Å². The molecule has 1 aromatic carbocycles. The van der Waals surface area contributed by atoms with Gasteiger partial charge in [-0.3, -0.25) is 4.98 Å². The average molecular weight is 361 g/mol. The molecule has 0 aliphatic heterocycles. The Hall–Kier alpha value is -2.93. The predicted octanol–water partition coefficient (Wildman–Crippen LogP) is 4.53. The summed E-state index contributed by atoms with van der Waals surface area (Å²) < 4.78 is 43.0. The molecule has 0 spiro atoms. The summed E-state index contributed by atoms with van der Waals surface area (Å²) in [6.07, 6.45) is 3.98. The Morgan fingerprint density at radius 2 is 1.76 bits per heavy atom. The van der Waals surface area contributed by atoms with Crippen molar-refractivity contribution in [1.82, 2.24) is 19.6 Å². The summed E-state index contributed by atoms with van der Waals surface area (Å²) >= 11 is 5.76. The number of benzene rings is 1. The number of hydrogen-bond donors (Lipinski definition) is 0. The third-order valence-corrected chi connectivity index (χ3v) is 4.00. The van der Waals surface area contributed by atoms with Crippen LogP contribution >= 0.6 is 11.6 Å². The van der Waals surface area contributed by atoms with Crippen LogP contribution in [0.25, 0.3) is 28.0 Å². The molecule has 0 atom stereocenters. The third kappa shape index (κ3) is 2.72. The van der Waals surface area contributed by atoms with Gasteiger partial charge in [-0.2, -0.15) is 5.10 Å². The van der Waals surface area contributed by atoms with E-state index in [1.54, 1.807) is 18.3 Å². The van der Waals surface area contributed by atoms with Gasteiger partial charge in [-0.05, 0) is 29.8 Å². The van der Waals surface area contributed by atoms with E-state index >= 15 is 0 Å². The van der Waals surface area contributed by atoms with Crippen LogP contribution in [0.15, 0.2) is 49.1 Å². The Balaban J connectivity index is 1.97. The first kappa shape index (κ1) is 15.6. The van der Waals surface area contributed by atoms with Crippen LogP contribution in [0.3, 0.4) is 0 Å². The van der Waals surface area contributed by atoms with Gasteiger partial charge in [-0.25, -0.2) is 22.7 Å². The molecule has 3 aromatic heterocycles. The van der Waals surface area contributed by atoms with Crippen molar-refractivity contribution < 1.29 is 13.2 Å². The molecular formula is C17H8ClF3N4. The molecule has 0 N–H and O–H groups in total. The maximum atomic E-state index is 14.3. The predicted molar refractivity (Wildman–Crippen MR) is 86.5 cm³/mol. The quantitative estimate of drug-likeness (QED) is 0.493. The van der Waals surface area contributed by atoms with E-state index in [1.807, 2.05) is 0 Å². The van der Waals surface area contributed by atoms with Crippen LogP contribution in [0.4, 0.5) is 13.2 Å². The molecule has 4 rings (SSSR count). The number of rotatable bonds is 2. The second kappa shape index (κ2) is 5.86. The summed E-state index contributed by atoms with van der Waals surface area (Å²) in [7, 11) is 0. The highest BCUT2D eigenvalue weighted by Crippen LogP contribution is 2.34. The van der Waals surface area contributed by atoms with Crippen molar-refractivity contribution in [3.63, 3.8) is 0 Å². The van der Waals surface area contributed by atoms with E-state index in [0.717, 1.165) is 12.3 Å². The molecule has 124 valence electrons. The van der Waals surface area contributed by atoms with Gasteiger partial charge in [0.25, 0.3) is 0 Å². The molecule has 0 bridgehead atoms. The number of aromatic nitrogens is 4. The topological polar surface area (TPSA) is 43.1 Å². The van der Waals surface area contributed by atoms with Gasteiger partial charge in [-0.1, -0.05) is 11.6 Å². The summed E-state index contributed by atoms with van der Waals surface area (Å²) in [5.74, 6) is -2.31. The fourth-order valence-corrected chi connectivity index (χ4v) is 2.72. The normalized spacial score (nSPS) is 11.2. The minimum atomic E-state index is -0.878. The van der Waals surface area contributed by atoms with E-state index < -0.39 is 17.5 Å². The highest BCUT2D eigenvalue weighted by Gasteiger charge is 2.17. The molecule has 0 amide bonds. The van der Waals surface area contributed by atoms with Crippen LogP contribution in [-0.2, 0) is 0 Å². The van der Waals surface area contributed by atoms with E-state index in [0.29, 0.717) is 22.8 Å². The molecule has 0 radical (unpaired) electrons. The van der Waals surface area contributed by atoms with E-state index in [2.05, 4.69) is 15.1 Å². The Morgan fingerprint density at radius 1 is 0.920 bits per heavy atom. The SMILES string of the molecule is Fc1cnc(-c2cc(Cl)c(F)cc2F)c(-c2ccn3ncnc3c2)c1. The lowest BCUT2D eigenvalue weighted by atomic mass is 9.99. The fourth-order valence-electron chi connectivity index (χ4n) is 2.56. The molecular weight excluding hydrogens is 353 g/mol. The second-order valence-electron chi connectivity index (χ2n) is 5.27. The monoisotopic (exact) mass is 360 g/mol. The van der Waals surface area contributed by atoms with Gasteiger partial charge in [0.2, 0.25) is 0 Å². The Morgan fingerprint density at radius 3 is 2.60 bits per heavy atom. The molecule has 4 aromatic rings. The molecule has 8 heteroatoms. The maximum Gasteiger partial charge on any atom is 0.155 e. The number of pyridine rings is 2. The second-order valence-corrected chi connectivity index (χ2v) is 5.68. The van der Waals surface area contributed by atoms with Crippen molar-refractivity contribution in [3.8, 4) is 22.4 Å². The Kier molecular flexibility index (Phi) is 3.65. The summed E-state index contributed by atoms with van der Waals surface area (Å²) in [6.45, 7) is 0. The fraction of sp³-hybridized carbons (Fsp3) is 0. The average Bonchev–Trinajstić information content (AvgIpc) is 3.06. The van der Waals surface area contributed by atoms with Crippen LogP contribution in [0.2, 0.25) is 5.02 Å². The molecule has 0 fully saturated rings. The molecule has 0 aliphatic carbocycles. The lowest BCUT2D eigenvalue weighted by molar-refractivity contribution is 0.585. The van der Waals surface area contributed by atoms with Gasteiger partial charge in [0, 0.05) is 23.4 Å². The molecule has 0 saturated heterocycles. The zero-order valence-corrected chi connectivity index (χ0v) is 13.2. The molecule has 4 nitrogen and oxygen atoms in total. The number of nitrogens with zero attached hydrogens (tertiary/aromatic N) is 4. The van der Waals surface area contributed by atoms with Gasteiger partial charge in [0.1, 0.15) is 23.8 Å². The van der Waals surface area contributed by atoms with Crippen LogP contribution in [0.5, 0.6) is 0 Å². The van der Waals surface area contributed by atoms with E-state index in [4.69, 9.17) is 11.6 Å². The van der Waals surface area contributed by atoms with Crippen LogP contribution in [0.1, 0.15) is 0 Å². The Bertz CT molecular complexity index is 1110. The standard InChI is InChI=1S/C17H8ClF3N4/c18-13-5-12(14(20)6-15(13)21)17-11(4-10(19)7-22-17)9-1-2-25-16(3-9)23-8-24-25/h1-8H. The lowest BCUT2D eigenvalue weighted by Gasteiger charge is -2.11. The number of halogens is 4. The largest absolute Gasteiger partial charge is 0.252 e. The van der Waals surface area contributed by atoms with Crippen molar-refractivity contribution in [2.45, 2.75) is 0 Å². The molecule has 3 heterocycles. The maximum absolute atomic E-state index is 14.3. The van der Waals surface area contributed by atoms with Crippen LogP contribution in [0, 0.1) is 17.5 Å². The van der Waals surface area contributed by atoms with E-state index in [1.165, 1.54) is 16.9 Å². The zero-order chi connectivity index (χ0) is 17.6. The van der Waals surface area contributed by atoms with Crippen molar-refractivity contribution in [1.29, 1.82) is 0 Å². The smallest absolute Gasteiger partial charge is 0.155 e. The molecule has 0 saturated carbocycles. The first-order valence-electron chi connectivity index (χ1n) is 7.13. The van der Waals surface area contributed by atoms with Gasteiger partial charge in [0.15, 0.2) is 5.65 Å². The summed E-state index contributed by atoms with van der Waals surface area (Å²) in [5, 5.41) is 3.74. The molecule has 25 heavy (non-hydrogen) atoms. The van der Waals surface area contributed by atoms with Crippen LogP contribution in [-0.4, -0.2) is 19.6 Å². The van der Waals surface area contributed by atoms with Gasteiger partial charge >= 0.3 is 0 Å². The number of hydrogen-bond acceptors (Lipinski definition) is 3. The Labute approximate surface area is 144 Å². The lowest BCUT2D eigenvalue weighted by Crippen LogP contribution is -1.96. The third-order valence-electron chi connectivity index (χ3n) is 3.71. The minimum absolute atomic E-state index is 0.0252. The number of fused-ring (bicyclic) bond motifs is 1. The van der Waals surface area contributed by atoms with Crippen LogP contribution < -0.4 is 0 Å². The minimum Gasteiger partial charge on any atom is -0.252 e.